The standard InChI is InChI=1S/C13H10NO/c14-13-9-5-1-3-7-11(9)15-12-8-4-2-6-10(12)13/h1-8H,14H2/q+1. The van der Waals surface area contributed by atoms with Gasteiger partial charge in [-0.15, -0.1) is 0 Å². The van der Waals surface area contributed by atoms with Crippen LogP contribution in [0.1, 0.15) is 0 Å². The Bertz CT molecular complexity index is 592. The zero-order valence-electron chi connectivity index (χ0n) is 8.10. The molecular weight excluding hydrogens is 186 g/mol. The topological polar surface area (TPSA) is 37.3 Å². The van der Waals surface area contributed by atoms with Gasteiger partial charge in [-0.1, -0.05) is 24.3 Å². The Morgan fingerprint density at radius 2 is 1.20 bits per heavy atom. The Labute approximate surface area is 86.9 Å². The molecule has 0 fully saturated rings. The highest BCUT2D eigenvalue weighted by molar-refractivity contribution is 6.04. The van der Waals surface area contributed by atoms with Gasteiger partial charge in [-0.25, -0.2) is 4.42 Å². The van der Waals surface area contributed by atoms with Gasteiger partial charge in [0.25, 0.3) is 0 Å². The molecule has 0 saturated carbocycles. The zero-order valence-corrected chi connectivity index (χ0v) is 8.10. The molecule has 1 aromatic heterocycles. The van der Waals surface area contributed by atoms with Crippen LogP contribution in [0.25, 0.3) is 21.9 Å². The second kappa shape index (κ2) is 2.95. The predicted molar refractivity (Wildman–Crippen MR) is 62.5 cm³/mol. The van der Waals surface area contributed by atoms with Crippen LogP contribution in [0.2, 0.25) is 0 Å². The molecule has 2 nitrogen and oxygen atoms in total. The highest BCUT2D eigenvalue weighted by Crippen LogP contribution is 2.29. The maximum absolute atomic E-state index is 6.09. The highest BCUT2D eigenvalue weighted by atomic mass is 16.3. The van der Waals surface area contributed by atoms with Crippen molar-refractivity contribution in [3.63, 3.8) is 0 Å². The Hall–Kier alpha value is -2.09. The molecule has 0 spiro atoms. The fourth-order valence-corrected chi connectivity index (χ4v) is 1.82. The molecule has 0 saturated heterocycles. The Morgan fingerprint density at radius 1 is 0.733 bits per heavy atom. The van der Waals surface area contributed by atoms with Gasteiger partial charge in [0.2, 0.25) is 0 Å². The summed E-state index contributed by atoms with van der Waals surface area (Å²) in [6, 6.07) is 15.6. The number of para-hydroxylation sites is 2. The predicted octanol–water partition coefficient (Wildman–Crippen LogP) is 3.45. The lowest BCUT2D eigenvalue weighted by molar-refractivity contribution is 0.661. The van der Waals surface area contributed by atoms with Crippen molar-refractivity contribution in [2.75, 3.05) is 5.73 Å². The van der Waals surface area contributed by atoms with Crippen molar-refractivity contribution in [2.24, 2.45) is 0 Å². The molecule has 0 unspecified atom stereocenters. The van der Waals surface area contributed by atoms with Crippen LogP contribution in [0.4, 0.5) is 5.69 Å². The van der Waals surface area contributed by atoms with Crippen LogP contribution in [0.5, 0.6) is 0 Å². The van der Waals surface area contributed by atoms with Crippen molar-refractivity contribution in [3.8, 4) is 0 Å². The Morgan fingerprint density at radius 3 is 1.73 bits per heavy atom. The Balaban J connectivity index is 2.60. The zero-order chi connectivity index (χ0) is 10.3. The lowest BCUT2D eigenvalue weighted by atomic mass is 10.1. The van der Waals surface area contributed by atoms with Gasteiger partial charge >= 0.3 is 11.2 Å². The van der Waals surface area contributed by atoms with Crippen LogP contribution >= 0.6 is 0 Å². The van der Waals surface area contributed by atoms with Crippen LogP contribution in [0, 0.1) is 0 Å². The quantitative estimate of drug-likeness (QED) is 0.441. The smallest absolute Gasteiger partial charge is 0.362 e. The van der Waals surface area contributed by atoms with Crippen molar-refractivity contribution in [1.29, 1.82) is 0 Å². The van der Waals surface area contributed by atoms with Gasteiger partial charge < -0.3 is 5.73 Å². The average molecular weight is 196 g/mol. The molecule has 1 heterocycles. The number of rotatable bonds is 0. The van der Waals surface area contributed by atoms with Gasteiger partial charge in [0.05, 0.1) is 5.69 Å². The van der Waals surface area contributed by atoms with Crippen LogP contribution < -0.4 is 5.73 Å². The second-order valence-corrected chi connectivity index (χ2v) is 3.51. The number of nitrogen functional groups attached to an aromatic ring is 1. The SMILES string of the molecule is Nc1c2ccccc2[o+]c2ccccc12. The molecule has 2 heteroatoms. The fraction of sp³-hybridized carbons (Fsp3) is 0. The van der Waals surface area contributed by atoms with Gasteiger partial charge in [0.15, 0.2) is 0 Å². The molecule has 0 aliphatic rings. The first-order valence-corrected chi connectivity index (χ1v) is 4.85. The molecule has 2 aromatic carbocycles. The summed E-state index contributed by atoms with van der Waals surface area (Å²) in [5.74, 6) is 0. The summed E-state index contributed by atoms with van der Waals surface area (Å²) in [6.45, 7) is 0. The van der Waals surface area contributed by atoms with E-state index < -0.39 is 0 Å². The molecule has 3 aromatic rings. The van der Waals surface area contributed by atoms with Crippen LogP contribution in [-0.4, -0.2) is 0 Å². The van der Waals surface area contributed by atoms with E-state index in [1.807, 2.05) is 48.5 Å². The summed E-state index contributed by atoms with van der Waals surface area (Å²) in [5.41, 5.74) is 8.53. The third kappa shape index (κ3) is 1.15. The van der Waals surface area contributed by atoms with Gasteiger partial charge in [-0.3, -0.25) is 0 Å². The Kier molecular flexibility index (Phi) is 1.62. The van der Waals surface area contributed by atoms with E-state index in [9.17, 15) is 0 Å². The third-order valence-electron chi connectivity index (χ3n) is 2.57. The molecule has 0 aliphatic heterocycles. The molecule has 2 N–H and O–H groups in total. The number of hydrogen-bond acceptors (Lipinski definition) is 1. The lowest BCUT2D eigenvalue weighted by Gasteiger charge is -1.96. The van der Waals surface area contributed by atoms with Crippen molar-refractivity contribution in [1.82, 2.24) is 0 Å². The van der Waals surface area contributed by atoms with Crippen molar-refractivity contribution >= 4 is 27.6 Å². The minimum atomic E-state index is 0.785. The van der Waals surface area contributed by atoms with Gasteiger partial charge in [0, 0.05) is 12.1 Å². The first-order valence-electron chi connectivity index (χ1n) is 4.85. The molecule has 0 radical (unpaired) electrons. The largest absolute Gasteiger partial charge is 0.397 e. The van der Waals surface area contributed by atoms with E-state index in [0.29, 0.717) is 0 Å². The molecule has 72 valence electrons. The summed E-state index contributed by atoms with van der Waals surface area (Å²) in [5, 5.41) is 1.94. The number of nitrogens with two attached hydrogens (primary N) is 1. The van der Waals surface area contributed by atoms with E-state index in [0.717, 1.165) is 27.6 Å². The van der Waals surface area contributed by atoms with E-state index in [1.54, 1.807) is 0 Å². The van der Waals surface area contributed by atoms with Crippen LogP contribution in [0.3, 0.4) is 0 Å². The molecular formula is C13H10NO+. The number of benzene rings is 2. The highest BCUT2D eigenvalue weighted by Gasteiger charge is 2.14. The first kappa shape index (κ1) is 8.24. The van der Waals surface area contributed by atoms with E-state index in [1.165, 1.54) is 0 Å². The monoisotopic (exact) mass is 196 g/mol. The van der Waals surface area contributed by atoms with E-state index >= 15 is 0 Å². The minimum Gasteiger partial charge on any atom is -0.397 e. The normalized spacial score (nSPS) is 10.9. The average Bonchev–Trinajstić information content (AvgIpc) is 2.30. The first-order chi connectivity index (χ1) is 7.36. The summed E-state index contributed by atoms with van der Waals surface area (Å²) >= 11 is 0. The molecule has 0 bridgehead atoms. The molecule has 0 aliphatic carbocycles. The summed E-state index contributed by atoms with van der Waals surface area (Å²) in [7, 11) is 0. The van der Waals surface area contributed by atoms with E-state index in [-0.39, 0.29) is 0 Å². The van der Waals surface area contributed by atoms with Gasteiger partial charge in [0.1, 0.15) is 10.8 Å². The maximum atomic E-state index is 6.09. The second-order valence-electron chi connectivity index (χ2n) is 3.51. The lowest BCUT2D eigenvalue weighted by Crippen LogP contribution is -1.89. The van der Waals surface area contributed by atoms with E-state index in [4.69, 9.17) is 10.2 Å². The van der Waals surface area contributed by atoms with Crippen molar-refractivity contribution < 1.29 is 4.42 Å². The molecule has 0 atom stereocenters. The molecule has 15 heavy (non-hydrogen) atoms. The van der Waals surface area contributed by atoms with E-state index in [2.05, 4.69) is 0 Å². The minimum absolute atomic E-state index is 0.785. The third-order valence-corrected chi connectivity index (χ3v) is 2.57. The van der Waals surface area contributed by atoms with Crippen molar-refractivity contribution in [3.05, 3.63) is 48.5 Å². The fourth-order valence-electron chi connectivity index (χ4n) is 1.82. The van der Waals surface area contributed by atoms with Gasteiger partial charge in [-0.2, -0.15) is 0 Å². The summed E-state index contributed by atoms with van der Waals surface area (Å²) in [6.07, 6.45) is 0. The number of hydrogen-bond donors (Lipinski definition) is 1. The molecule has 3 rings (SSSR count). The van der Waals surface area contributed by atoms with Crippen LogP contribution in [0.15, 0.2) is 52.9 Å². The summed E-state index contributed by atoms with van der Waals surface area (Å²) in [4.78, 5) is 0. The van der Waals surface area contributed by atoms with Crippen molar-refractivity contribution in [2.45, 2.75) is 0 Å². The summed E-state index contributed by atoms with van der Waals surface area (Å²) < 4.78 is 5.75. The van der Waals surface area contributed by atoms with Gasteiger partial charge in [-0.05, 0) is 12.1 Å². The van der Waals surface area contributed by atoms with Crippen LogP contribution in [-0.2, 0) is 0 Å². The number of fused-ring (bicyclic) bond motifs is 2. The molecule has 0 amide bonds. The number of anilines is 1. The maximum Gasteiger partial charge on any atom is 0.362 e.